The van der Waals surface area contributed by atoms with Gasteiger partial charge in [-0.2, -0.15) is 0 Å². The number of amides is 3. The zero-order valence-corrected chi connectivity index (χ0v) is 14.7. The van der Waals surface area contributed by atoms with Gasteiger partial charge >= 0.3 is 6.03 Å². The number of rotatable bonds is 6. The van der Waals surface area contributed by atoms with Crippen LogP contribution in [0.15, 0.2) is 0 Å². The molecule has 9 heteroatoms. The molecule has 132 valence electrons. The van der Waals surface area contributed by atoms with Gasteiger partial charge in [0.1, 0.15) is 6.54 Å². The van der Waals surface area contributed by atoms with E-state index in [2.05, 4.69) is 0 Å². The Kier molecular flexibility index (Phi) is 5.64. The molecule has 0 N–H and O–H groups in total. The molecule has 3 amide bonds. The van der Waals surface area contributed by atoms with Crippen molar-refractivity contribution in [2.75, 3.05) is 39.9 Å². The van der Waals surface area contributed by atoms with Crippen LogP contribution in [0, 0.1) is 0 Å². The van der Waals surface area contributed by atoms with E-state index >= 15 is 0 Å². The van der Waals surface area contributed by atoms with Crippen molar-refractivity contribution >= 4 is 22.0 Å². The van der Waals surface area contributed by atoms with Crippen molar-refractivity contribution in [1.29, 1.82) is 0 Å². The number of sulfonamides is 1. The molecule has 2 saturated heterocycles. The van der Waals surface area contributed by atoms with E-state index in [0.29, 0.717) is 32.5 Å². The van der Waals surface area contributed by atoms with Crippen LogP contribution < -0.4 is 0 Å². The van der Waals surface area contributed by atoms with Crippen LogP contribution in [-0.4, -0.2) is 85.6 Å². The molecule has 2 fully saturated rings. The van der Waals surface area contributed by atoms with Gasteiger partial charge in [0.25, 0.3) is 0 Å². The third-order valence-electron chi connectivity index (χ3n) is 4.42. The lowest BCUT2D eigenvalue weighted by Crippen LogP contribution is -2.49. The Balaban J connectivity index is 1.96. The first-order valence-electron chi connectivity index (χ1n) is 7.88. The average molecular weight is 347 g/mol. The summed E-state index contributed by atoms with van der Waals surface area (Å²) in [5.74, 6) is -0.218. The number of nitrogens with zero attached hydrogens (tertiary/aromatic N) is 3. The molecule has 8 nitrogen and oxygen atoms in total. The Morgan fingerprint density at radius 3 is 2.35 bits per heavy atom. The highest BCUT2D eigenvalue weighted by Gasteiger charge is 2.41. The fourth-order valence-corrected chi connectivity index (χ4v) is 4.27. The summed E-state index contributed by atoms with van der Waals surface area (Å²) in [7, 11) is -1.74. The summed E-state index contributed by atoms with van der Waals surface area (Å²) in [6, 6.07) is -0.380. The molecule has 23 heavy (non-hydrogen) atoms. The highest BCUT2D eigenvalue weighted by Crippen LogP contribution is 2.24. The fourth-order valence-electron chi connectivity index (χ4n) is 2.96. The Morgan fingerprint density at radius 2 is 1.83 bits per heavy atom. The van der Waals surface area contributed by atoms with Crippen molar-refractivity contribution in [3.63, 3.8) is 0 Å². The van der Waals surface area contributed by atoms with Crippen LogP contribution in [0.2, 0.25) is 0 Å². The van der Waals surface area contributed by atoms with E-state index in [1.807, 2.05) is 0 Å². The second-order valence-corrected chi connectivity index (χ2v) is 8.66. The number of urea groups is 1. The highest BCUT2D eigenvalue weighted by atomic mass is 32.2. The maximum Gasteiger partial charge on any atom is 0.327 e. The Hall–Kier alpha value is -1.19. The largest absolute Gasteiger partial charge is 0.383 e. The molecule has 0 radical (unpaired) electrons. The molecule has 2 rings (SSSR count). The summed E-state index contributed by atoms with van der Waals surface area (Å²) in [5, 5.41) is -0.446. The topological polar surface area (TPSA) is 87.2 Å². The number of carbonyl (C=O) groups is 2. The van der Waals surface area contributed by atoms with E-state index in [1.165, 1.54) is 16.3 Å². The molecule has 2 aliphatic heterocycles. The predicted octanol–water partition coefficient (Wildman–Crippen LogP) is 0.0996. The van der Waals surface area contributed by atoms with Crippen molar-refractivity contribution in [2.24, 2.45) is 0 Å². The van der Waals surface area contributed by atoms with E-state index in [-0.39, 0.29) is 31.1 Å². The molecule has 0 saturated carbocycles. The second kappa shape index (κ2) is 7.14. The van der Waals surface area contributed by atoms with Gasteiger partial charge in [-0.25, -0.2) is 17.5 Å². The monoisotopic (exact) mass is 347 g/mol. The molecule has 0 aromatic carbocycles. The van der Waals surface area contributed by atoms with Gasteiger partial charge < -0.3 is 9.64 Å². The van der Waals surface area contributed by atoms with Crippen LogP contribution in [0.1, 0.15) is 26.7 Å². The van der Waals surface area contributed by atoms with Gasteiger partial charge in [0.2, 0.25) is 15.9 Å². The SMILES string of the molecule is COCCN1C(=O)CN(C2CCN(S(=O)(=O)C(C)C)CC2)C1=O. The Bertz CT molecular complexity index is 555. The molecular formula is C14H25N3O5S. The molecule has 0 aromatic heterocycles. The number of hydrogen-bond acceptors (Lipinski definition) is 5. The molecule has 0 aromatic rings. The van der Waals surface area contributed by atoms with Crippen LogP contribution in [0.4, 0.5) is 4.79 Å². The minimum Gasteiger partial charge on any atom is -0.383 e. The third kappa shape index (κ3) is 3.67. The first-order valence-corrected chi connectivity index (χ1v) is 9.38. The quantitative estimate of drug-likeness (QED) is 0.636. The van der Waals surface area contributed by atoms with Gasteiger partial charge in [-0.15, -0.1) is 0 Å². The number of carbonyl (C=O) groups excluding carboxylic acids is 2. The number of piperidine rings is 1. The lowest BCUT2D eigenvalue weighted by Gasteiger charge is -2.36. The smallest absolute Gasteiger partial charge is 0.327 e. The minimum atomic E-state index is -3.26. The number of imide groups is 1. The zero-order valence-electron chi connectivity index (χ0n) is 13.9. The standard InChI is InChI=1S/C14H25N3O5S/c1-11(2)23(20,21)15-6-4-12(5-7-15)17-10-13(18)16(14(17)19)8-9-22-3/h11-12H,4-10H2,1-3H3. The van der Waals surface area contributed by atoms with E-state index < -0.39 is 15.3 Å². The molecule has 0 spiro atoms. The van der Waals surface area contributed by atoms with Crippen molar-refractivity contribution in [1.82, 2.24) is 14.1 Å². The van der Waals surface area contributed by atoms with Crippen LogP contribution in [0.3, 0.4) is 0 Å². The minimum absolute atomic E-state index is 0.0736. The van der Waals surface area contributed by atoms with Gasteiger partial charge in [0.05, 0.1) is 18.4 Å². The van der Waals surface area contributed by atoms with Gasteiger partial charge in [-0.3, -0.25) is 9.69 Å². The summed E-state index contributed by atoms with van der Waals surface area (Å²) < 4.78 is 30.7. The van der Waals surface area contributed by atoms with Gasteiger partial charge in [-0.05, 0) is 26.7 Å². The van der Waals surface area contributed by atoms with Crippen LogP contribution >= 0.6 is 0 Å². The van der Waals surface area contributed by atoms with Crippen LogP contribution in [0.5, 0.6) is 0 Å². The summed E-state index contributed by atoms with van der Waals surface area (Å²) >= 11 is 0. The van der Waals surface area contributed by atoms with Crippen LogP contribution in [-0.2, 0) is 19.6 Å². The van der Waals surface area contributed by atoms with Crippen LogP contribution in [0.25, 0.3) is 0 Å². The normalized spacial score (nSPS) is 21.7. The molecular weight excluding hydrogens is 322 g/mol. The number of ether oxygens (including phenoxy) is 1. The summed E-state index contributed by atoms with van der Waals surface area (Å²) in [5.41, 5.74) is 0. The maximum atomic E-state index is 12.4. The summed E-state index contributed by atoms with van der Waals surface area (Å²) in [4.78, 5) is 27.1. The summed E-state index contributed by atoms with van der Waals surface area (Å²) in [6.07, 6.45) is 1.12. The van der Waals surface area contributed by atoms with E-state index in [9.17, 15) is 18.0 Å². The number of hydrogen-bond donors (Lipinski definition) is 0. The second-order valence-electron chi connectivity index (χ2n) is 6.17. The molecule has 2 aliphatic rings. The van der Waals surface area contributed by atoms with Gasteiger partial charge in [0.15, 0.2) is 0 Å². The van der Waals surface area contributed by atoms with Gasteiger partial charge in [-0.1, -0.05) is 0 Å². The predicted molar refractivity (Wildman–Crippen MR) is 84.3 cm³/mol. The number of methoxy groups -OCH3 is 1. The van der Waals surface area contributed by atoms with Crippen molar-refractivity contribution in [3.8, 4) is 0 Å². The first kappa shape index (κ1) is 18.2. The molecule has 2 heterocycles. The molecule has 0 unspecified atom stereocenters. The lowest BCUT2D eigenvalue weighted by atomic mass is 10.1. The fraction of sp³-hybridized carbons (Fsp3) is 0.857. The van der Waals surface area contributed by atoms with E-state index in [1.54, 1.807) is 18.7 Å². The van der Waals surface area contributed by atoms with Crippen molar-refractivity contribution in [2.45, 2.75) is 38.0 Å². The van der Waals surface area contributed by atoms with E-state index in [0.717, 1.165) is 0 Å². The summed E-state index contributed by atoms with van der Waals surface area (Å²) in [6.45, 7) is 4.75. The Morgan fingerprint density at radius 1 is 1.22 bits per heavy atom. The third-order valence-corrected chi connectivity index (χ3v) is 6.70. The zero-order chi connectivity index (χ0) is 17.2. The first-order chi connectivity index (χ1) is 10.8. The Labute approximate surface area is 137 Å². The average Bonchev–Trinajstić information content (AvgIpc) is 2.80. The van der Waals surface area contributed by atoms with Crippen molar-refractivity contribution in [3.05, 3.63) is 0 Å². The molecule has 0 atom stereocenters. The molecule has 0 aliphatic carbocycles. The lowest BCUT2D eigenvalue weighted by molar-refractivity contribution is -0.125. The maximum absolute atomic E-state index is 12.4. The molecule has 0 bridgehead atoms. The van der Waals surface area contributed by atoms with Gasteiger partial charge in [0, 0.05) is 26.2 Å². The van der Waals surface area contributed by atoms with Crippen molar-refractivity contribution < 1.29 is 22.7 Å². The van der Waals surface area contributed by atoms with E-state index in [4.69, 9.17) is 4.74 Å². The highest BCUT2D eigenvalue weighted by molar-refractivity contribution is 7.89.